The highest BCUT2D eigenvalue weighted by molar-refractivity contribution is 5.22. The Morgan fingerprint density at radius 3 is 2.65 bits per heavy atom. The van der Waals surface area contributed by atoms with Crippen LogP contribution < -0.4 is 5.32 Å². The summed E-state index contributed by atoms with van der Waals surface area (Å²) in [7, 11) is 0. The van der Waals surface area contributed by atoms with Gasteiger partial charge in [0.2, 0.25) is 0 Å². The van der Waals surface area contributed by atoms with Gasteiger partial charge < -0.3 is 10.1 Å². The highest BCUT2D eigenvalue weighted by atomic mass is 16.5. The molecule has 1 aromatic carbocycles. The number of nitrogens with one attached hydrogen (secondary N) is 1. The first-order valence-electron chi connectivity index (χ1n) is 8.16. The third kappa shape index (κ3) is 7.06. The predicted molar refractivity (Wildman–Crippen MR) is 86.8 cm³/mol. The van der Waals surface area contributed by atoms with Crippen molar-refractivity contribution in [1.82, 2.24) is 5.32 Å². The molecular weight excluding hydrogens is 246 g/mol. The summed E-state index contributed by atoms with van der Waals surface area (Å²) in [4.78, 5) is 0. The molecule has 1 atom stereocenters. The zero-order valence-corrected chi connectivity index (χ0v) is 13.5. The normalized spacial score (nSPS) is 12.6. The molecule has 1 unspecified atom stereocenters. The van der Waals surface area contributed by atoms with Crippen LogP contribution in [-0.2, 0) is 17.9 Å². The van der Waals surface area contributed by atoms with Crippen LogP contribution in [0.15, 0.2) is 24.3 Å². The van der Waals surface area contributed by atoms with E-state index in [0.717, 1.165) is 32.2 Å². The van der Waals surface area contributed by atoms with Crippen LogP contribution in [0.2, 0.25) is 0 Å². The maximum absolute atomic E-state index is 5.91. The average molecular weight is 277 g/mol. The van der Waals surface area contributed by atoms with Gasteiger partial charge in [0.25, 0.3) is 0 Å². The van der Waals surface area contributed by atoms with Gasteiger partial charge in [-0.2, -0.15) is 0 Å². The number of ether oxygens (including phenoxy) is 1. The molecule has 2 heteroatoms. The van der Waals surface area contributed by atoms with Crippen LogP contribution in [0.3, 0.4) is 0 Å². The van der Waals surface area contributed by atoms with Gasteiger partial charge in [-0.25, -0.2) is 0 Å². The number of unbranched alkanes of at least 4 members (excludes halogenated alkanes) is 1. The smallest absolute Gasteiger partial charge is 0.0717 e. The molecule has 0 aliphatic heterocycles. The second-order valence-corrected chi connectivity index (χ2v) is 5.53. The van der Waals surface area contributed by atoms with Crippen molar-refractivity contribution >= 4 is 0 Å². The molecule has 0 fully saturated rings. The van der Waals surface area contributed by atoms with Crippen LogP contribution in [0.5, 0.6) is 0 Å². The van der Waals surface area contributed by atoms with Crippen molar-refractivity contribution < 1.29 is 4.74 Å². The monoisotopic (exact) mass is 277 g/mol. The summed E-state index contributed by atoms with van der Waals surface area (Å²) >= 11 is 0. The lowest BCUT2D eigenvalue weighted by Crippen LogP contribution is -2.12. The summed E-state index contributed by atoms with van der Waals surface area (Å²) in [6.07, 6.45) is 5.12. The third-order valence-corrected chi connectivity index (χ3v) is 3.74. The minimum Gasteiger partial charge on any atom is -0.376 e. The fraction of sp³-hybridized carbons (Fsp3) is 0.667. The Balaban J connectivity index is 2.33. The quantitative estimate of drug-likeness (QED) is 0.641. The molecule has 0 amide bonds. The molecule has 0 spiro atoms. The van der Waals surface area contributed by atoms with E-state index in [9.17, 15) is 0 Å². The number of hydrogen-bond acceptors (Lipinski definition) is 2. The van der Waals surface area contributed by atoms with Crippen LogP contribution in [0.1, 0.15) is 57.6 Å². The molecule has 0 saturated heterocycles. The summed E-state index contributed by atoms with van der Waals surface area (Å²) < 4.78 is 5.91. The summed E-state index contributed by atoms with van der Waals surface area (Å²) in [5.74, 6) is 0.722. The topological polar surface area (TPSA) is 21.3 Å². The number of benzene rings is 1. The predicted octanol–water partition coefficient (Wildman–Crippen LogP) is 4.53. The Labute approximate surface area is 124 Å². The Kier molecular flexibility index (Phi) is 9.35. The van der Waals surface area contributed by atoms with Crippen LogP contribution in [0.25, 0.3) is 0 Å². The van der Waals surface area contributed by atoms with E-state index in [0.29, 0.717) is 0 Å². The minimum absolute atomic E-state index is 0.722. The second kappa shape index (κ2) is 10.9. The lowest BCUT2D eigenvalue weighted by atomic mass is 10.0. The molecule has 1 N–H and O–H groups in total. The molecule has 0 aromatic heterocycles. The molecule has 0 heterocycles. The molecule has 20 heavy (non-hydrogen) atoms. The van der Waals surface area contributed by atoms with Crippen molar-refractivity contribution in [2.24, 2.45) is 5.92 Å². The first-order chi connectivity index (χ1) is 9.80. The zero-order chi connectivity index (χ0) is 14.6. The summed E-state index contributed by atoms with van der Waals surface area (Å²) in [6, 6.07) is 8.69. The molecule has 0 aliphatic carbocycles. The highest BCUT2D eigenvalue weighted by Crippen LogP contribution is 2.14. The SMILES string of the molecule is CCCCC(CC)COCc1cccc(CNCC)c1. The first kappa shape index (κ1) is 17.2. The number of hydrogen-bond donors (Lipinski definition) is 1. The summed E-state index contributed by atoms with van der Waals surface area (Å²) in [6.45, 7) is 10.2. The van der Waals surface area contributed by atoms with E-state index < -0.39 is 0 Å². The molecule has 0 saturated carbocycles. The molecular formula is C18H31NO. The van der Waals surface area contributed by atoms with E-state index >= 15 is 0 Å². The van der Waals surface area contributed by atoms with Gasteiger partial charge >= 0.3 is 0 Å². The third-order valence-electron chi connectivity index (χ3n) is 3.74. The van der Waals surface area contributed by atoms with Gasteiger partial charge in [-0.05, 0) is 30.0 Å². The van der Waals surface area contributed by atoms with Gasteiger partial charge in [0.15, 0.2) is 0 Å². The summed E-state index contributed by atoms with van der Waals surface area (Å²) in [5.41, 5.74) is 2.62. The van der Waals surface area contributed by atoms with Gasteiger partial charge in [-0.3, -0.25) is 0 Å². The standard InChI is InChI=1S/C18H31NO/c1-4-7-9-16(5-2)14-20-15-18-11-8-10-17(12-18)13-19-6-3/h8,10-12,16,19H,4-7,9,13-15H2,1-3H3. The van der Waals surface area contributed by atoms with Crippen LogP contribution in [0, 0.1) is 5.92 Å². The molecule has 0 bridgehead atoms. The Bertz CT molecular complexity index is 351. The molecule has 2 nitrogen and oxygen atoms in total. The Morgan fingerprint density at radius 1 is 1.15 bits per heavy atom. The molecule has 1 aromatic rings. The fourth-order valence-corrected chi connectivity index (χ4v) is 2.34. The van der Waals surface area contributed by atoms with Crippen molar-refractivity contribution in [2.45, 2.75) is 59.6 Å². The zero-order valence-electron chi connectivity index (χ0n) is 13.5. The molecule has 0 radical (unpaired) electrons. The van der Waals surface area contributed by atoms with Crippen molar-refractivity contribution in [1.29, 1.82) is 0 Å². The largest absolute Gasteiger partial charge is 0.376 e. The first-order valence-corrected chi connectivity index (χ1v) is 8.16. The van der Waals surface area contributed by atoms with E-state index in [1.807, 2.05) is 0 Å². The van der Waals surface area contributed by atoms with Crippen LogP contribution in [0.4, 0.5) is 0 Å². The maximum Gasteiger partial charge on any atom is 0.0717 e. The molecule has 0 aliphatic rings. The Morgan fingerprint density at radius 2 is 1.95 bits per heavy atom. The van der Waals surface area contributed by atoms with E-state index in [2.05, 4.69) is 50.4 Å². The second-order valence-electron chi connectivity index (χ2n) is 5.53. The Hall–Kier alpha value is -0.860. The lowest BCUT2D eigenvalue weighted by Gasteiger charge is -2.15. The van der Waals surface area contributed by atoms with Crippen LogP contribution >= 0.6 is 0 Å². The van der Waals surface area contributed by atoms with E-state index in [4.69, 9.17) is 4.74 Å². The van der Waals surface area contributed by atoms with Crippen molar-refractivity contribution in [2.75, 3.05) is 13.2 Å². The summed E-state index contributed by atoms with van der Waals surface area (Å²) in [5, 5.41) is 3.36. The maximum atomic E-state index is 5.91. The van der Waals surface area contributed by atoms with Crippen LogP contribution in [-0.4, -0.2) is 13.2 Å². The minimum atomic E-state index is 0.722. The molecule has 1 rings (SSSR count). The van der Waals surface area contributed by atoms with Gasteiger partial charge in [-0.15, -0.1) is 0 Å². The van der Waals surface area contributed by atoms with Crippen molar-refractivity contribution in [3.63, 3.8) is 0 Å². The van der Waals surface area contributed by atoms with E-state index in [1.54, 1.807) is 0 Å². The van der Waals surface area contributed by atoms with Gasteiger partial charge in [-0.1, -0.05) is 64.3 Å². The van der Waals surface area contributed by atoms with Gasteiger partial charge in [0.05, 0.1) is 6.61 Å². The van der Waals surface area contributed by atoms with Crippen molar-refractivity contribution in [3.8, 4) is 0 Å². The highest BCUT2D eigenvalue weighted by Gasteiger charge is 2.06. The molecule has 114 valence electrons. The van der Waals surface area contributed by atoms with Crippen molar-refractivity contribution in [3.05, 3.63) is 35.4 Å². The van der Waals surface area contributed by atoms with Gasteiger partial charge in [0, 0.05) is 13.2 Å². The number of rotatable bonds is 11. The average Bonchev–Trinajstić information content (AvgIpc) is 2.49. The lowest BCUT2D eigenvalue weighted by molar-refractivity contribution is 0.0819. The van der Waals surface area contributed by atoms with E-state index in [-0.39, 0.29) is 0 Å². The van der Waals surface area contributed by atoms with Gasteiger partial charge in [0.1, 0.15) is 0 Å². The van der Waals surface area contributed by atoms with E-state index in [1.165, 1.54) is 36.8 Å². The fourth-order valence-electron chi connectivity index (χ4n) is 2.34.